The van der Waals surface area contributed by atoms with E-state index in [1.165, 1.54) is 5.56 Å². The zero-order valence-electron chi connectivity index (χ0n) is 11.5. The van der Waals surface area contributed by atoms with E-state index in [2.05, 4.69) is 26.1 Å². The quantitative estimate of drug-likeness (QED) is 0.730. The fraction of sp³-hybridized carbons (Fsp3) is 0.125. The molecule has 1 heterocycles. The molecule has 106 valence electrons. The zero-order valence-corrected chi connectivity index (χ0v) is 13.1. The highest BCUT2D eigenvalue weighted by Crippen LogP contribution is 2.24. The highest BCUT2D eigenvalue weighted by Gasteiger charge is 2.10. The van der Waals surface area contributed by atoms with Crippen LogP contribution in [-0.4, -0.2) is 10.1 Å². The molecule has 0 atom stereocenters. The van der Waals surface area contributed by atoms with Crippen LogP contribution in [0.5, 0.6) is 0 Å². The Bertz CT molecular complexity index is 783. The van der Waals surface area contributed by atoms with Crippen LogP contribution < -0.4 is 5.73 Å². The number of hydrogen-bond acceptors (Lipinski definition) is 4. The molecule has 0 aliphatic heterocycles. The Morgan fingerprint density at radius 3 is 2.81 bits per heavy atom. The Labute approximate surface area is 131 Å². The average Bonchev–Trinajstić information content (AvgIpc) is 2.90. The molecule has 0 radical (unpaired) electrons. The standard InChI is InChI=1S/C16H14BrN3O/c1-10-5-6-12(9-14(10)17)16-19-15(21-20-16)8-11-3-2-4-13(18)7-11/h2-7,9H,8,18H2,1H3. The molecule has 2 N–H and O–H groups in total. The van der Waals surface area contributed by atoms with Gasteiger partial charge in [0.15, 0.2) is 0 Å². The van der Waals surface area contributed by atoms with Gasteiger partial charge in [-0.3, -0.25) is 0 Å². The Balaban J connectivity index is 1.84. The van der Waals surface area contributed by atoms with Crippen molar-refractivity contribution in [3.63, 3.8) is 0 Å². The Kier molecular flexibility index (Phi) is 3.75. The molecule has 0 amide bonds. The molecule has 0 bridgehead atoms. The first-order valence-corrected chi connectivity index (χ1v) is 7.34. The van der Waals surface area contributed by atoms with Crippen LogP contribution in [-0.2, 0) is 6.42 Å². The summed E-state index contributed by atoms with van der Waals surface area (Å²) in [5.41, 5.74) is 9.64. The van der Waals surface area contributed by atoms with Gasteiger partial charge in [0.1, 0.15) is 0 Å². The number of rotatable bonds is 3. The fourth-order valence-corrected chi connectivity index (χ4v) is 2.43. The molecule has 5 heteroatoms. The minimum atomic E-state index is 0.574. The van der Waals surface area contributed by atoms with Gasteiger partial charge in [-0.15, -0.1) is 0 Å². The van der Waals surface area contributed by atoms with E-state index in [1.54, 1.807) is 0 Å². The van der Waals surface area contributed by atoms with E-state index in [9.17, 15) is 0 Å². The van der Waals surface area contributed by atoms with Crippen molar-refractivity contribution >= 4 is 21.6 Å². The third-order valence-corrected chi connectivity index (χ3v) is 4.06. The minimum absolute atomic E-state index is 0.574. The first-order valence-electron chi connectivity index (χ1n) is 6.55. The molecule has 21 heavy (non-hydrogen) atoms. The van der Waals surface area contributed by atoms with E-state index in [-0.39, 0.29) is 0 Å². The number of benzene rings is 2. The van der Waals surface area contributed by atoms with Gasteiger partial charge >= 0.3 is 0 Å². The number of halogens is 1. The Morgan fingerprint density at radius 1 is 1.19 bits per heavy atom. The smallest absolute Gasteiger partial charge is 0.231 e. The molecule has 3 rings (SSSR count). The van der Waals surface area contributed by atoms with Crippen LogP contribution in [0.1, 0.15) is 17.0 Å². The summed E-state index contributed by atoms with van der Waals surface area (Å²) in [5, 5.41) is 4.04. The van der Waals surface area contributed by atoms with Gasteiger partial charge in [-0.1, -0.05) is 45.4 Å². The van der Waals surface area contributed by atoms with Crippen molar-refractivity contribution in [2.45, 2.75) is 13.3 Å². The van der Waals surface area contributed by atoms with E-state index in [1.807, 2.05) is 49.4 Å². The minimum Gasteiger partial charge on any atom is -0.399 e. The summed E-state index contributed by atoms with van der Waals surface area (Å²) in [6, 6.07) is 13.7. The van der Waals surface area contributed by atoms with E-state index in [4.69, 9.17) is 10.3 Å². The lowest BCUT2D eigenvalue weighted by Crippen LogP contribution is -1.91. The number of nitrogens with two attached hydrogens (primary N) is 1. The van der Waals surface area contributed by atoms with Crippen molar-refractivity contribution in [2.24, 2.45) is 0 Å². The Hall–Kier alpha value is -2.14. The van der Waals surface area contributed by atoms with Crippen LogP contribution in [0.25, 0.3) is 11.4 Å². The van der Waals surface area contributed by atoms with E-state index in [0.29, 0.717) is 18.1 Å². The lowest BCUT2D eigenvalue weighted by molar-refractivity contribution is 0.386. The van der Waals surface area contributed by atoms with Gasteiger partial charge in [0, 0.05) is 15.7 Å². The highest BCUT2D eigenvalue weighted by molar-refractivity contribution is 9.10. The molecule has 4 nitrogen and oxygen atoms in total. The van der Waals surface area contributed by atoms with Gasteiger partial charge in [0.2, 0.25) is 11.7 Å². The van der Waals surface area contributed by atoms with Gasteiger partial charge in [0.05, 0.1) is 6.42 Å². The molecule has 1 aromatic heterocycles. The van der Waals surface area contributed by atoms with Gasteiger partial charge in [-0.25, -0.2) is 0 Å². The summed E-state index contributed by atoms with van der Waals surface area (Å²) < 4.78 is 6.35. The molecule has 0 aliphatic carbocycles. The van der Waals surface area contributed by atoms with E-state index >= 15 is 0 Å². The van der Waals surface area contributed by atoms with Crippen molar-refractivity contribution in [2.75, 3.05) is 5.73 Å². The fourth-order valence-electron chi connectivity index (χ4n) is 2.05. The SMILES string of the molecule is Cc1ccc(-c2noc(Cc3cccc(N)c3)n2)cc1Br. The monoisotopic (exact) mass is 343 g/mol. The van der Waals surface area contributed by atoms with Gasteiger partial charge in [-0.2, -0.15) is 4.98 Å². The second-order valence-corrected chi connectivity index (χ2v) is 5.75. The predicted octanol–water partition coefficient (Wildman–Crippen LogP) is 3.98. The highest BCUT2D eigenvalue weighted by atomic mass is 79.9. The molecule has 0 saturated carbocycles. The summed E-state index contributed by atoms with van der Waals surface area (Å²) in [4.78, 5) is 4.44. The van der Waals surface area contributed by atoms with Crippen molar-refractivity contribution in [3.8, 4) is 11.4 Å². The second-order valence-electron chi connectivity index (χ2n) is 4.90. The molecular weight excluding hydrogens is 330 g/mol. The molecule has 0 saturated heterocycles. The van der Waals surface area contributed by atoms with Gasteiger partial charge in [0.25, 0.3) is 0 Å². The number of anilines is 1. The third kappa shape index (κ3) is 3.13. The number of nitrogen functional groups attached to an aromatic ring is 1. The van der Waals surface area contributed by atoms with Crippen LogP contribution in [0.4, 0.5) is 5.69 Å². The molecule has 2 aromatic carbocycles. The molecule has 0 aliphatic rings. The van der Waals surface area contributed by atoms with Gasteiger partial charge in [-0.05, 0) is 36.2 Å². The molecule has 3 aromatic rings. The van der Waals surface area contributed by atoms with Crippen molar-refractivity contribution in [1.29, 1.82) is 0 Å². The first-order chi connectivity index (χ1) is 10.1. The van der Waals surface area contributed by atoms with Crippen molar-refractivity contribution in [1.82, 2.24) is 10.1 Å². The maximum atomic E-state index is 5.77. The second kappa shape index (κ2) is 5.69. The summed E-state index contributed by atoms with van der Waals surface area (Å²) in [7, 11) is 0. The van der Waals surface area contributed by atoms with Crippen LogP contribution in [0.3, 0.4) is 0 Å². The maximum absolute atomic E-state index is 5.77. The Morgan fingerprint density at radius 2 is 2.05 bits per heavy atom. The lowest BCUT2D eigenvalue weighted by Gasteiger charge is -1.99. The molecule has 0 fully saturated rings. The first kappa shape index (κ1) is 13.8. The topological polar surface area (TPSA) is 64.9 Å². The largest absolute Gasteiger partial charge is 0.399 e. The third-order valence-electron chi connectivity index (χ3n) is 3.20. The molecule has 0 unspecified atom stereocenters. The normalized spacial score (nSPS) is 10.8. The average molecular weight is 344 g/mol. The number of aryl methyl sites for hydroxylation is 1. The van der Waals surface area contributed by atoms with Crippen LogP contribution in [0, 0.1) is 6.92 Å². The number of nitrogens with zero attached hydrogens (tertiary/aromatic N) is 2. The summed E-state index contributed by atoms with van der Waals surface area (Å²) in [5.74, 6) is 1.17. The molecule has 0 spiro atoms. The lowest BCUT2D eigenvalue weighted by atomic mass is 10.1. The predicted molar refractivity (Wildman–Crippen MR) is 85.8 cm³/mol. The summed E-state index contributed by atoms with van der Waals surface area (Å²) >= 11 is 3.51. The van der Waals surface area contributed by atoms with E-state index in [0.717, 1.165) is 21.3 Å². The van der Waals surface area contributed by atoms with Crippen LogP contribution in [0.15, 0.2) is 51.5 Å². The number of aromatic nitrogens is 2. The van der Waals surface area contributed by atoms with Crippen LogP contribution >= 0.6 is 15.9 Å². The van der Waals surface area contributed by atoms with Gasteiger partial charge < -0.3 is 10.3 Å². The van der Waals surface area contributed by atoms with Crippen molar-refractivity contribution in [3.05, 3.63) is 64.0 Å². The van der Waals surface area contributed by atoms with Crippen LogP contribution in [0.2, 0.25) is 0 Å². The zero-order chi connectivity index (χ0) is 14.8. The number of hydrogen-bond donors (Lipinski definition) is 1. The van der Waals surface area contributed by atoms with Crippen molar-refractivity contribution < 1.29 is 4.52 Å². The summed E-state index contributed by atoms with van der Waals surface area (Å²) in [6.07, 6.45) is 0.574. The van der Waals surface area contributed by atoms with E-state index < -0.39 is 0 Å². The maximum Gasteiger partial charge on any atom is 0.231 e. The molecular formula is C16H14BrN3O. The summed E-state index contributed by atoms with van der Waals surface area (Å²) in [6.45, 7) is 2.04.